The van der Waals surface area contributed by atoms with E-state index in [9.17, 15) is 4.79 Å². The van der Waals surface area contributed by atoms with Gasteiger partial charge in [-0.25, -0.2) is 0 Å². The Morgan fingerprint density at radius 2 is 1.68 bits per heavy atom. The third-order valence-corrected chi connectivity index (χ3v) is 5.06. The van der Waals surface area contributed by atoms with Gasteiger partial charge in [-0.1, -0.05) is 0 Å². The molecule has 1 unspecified atom stereocenters. The second kappa shape index (κ2) is 7.93. The van der Waals surface area contributed by atoms with Gasteiger partial charge in [-0.2, -0.15) is 0 Å². The Morgan fingerprint density at radius 3 is 2.16 bits per heavy atom. The number of nitrogens with one attached hydrogen (secondary N) is 1. The number of rotatable bonds is 5. The fourth-order valence-corrected chi connectivity index (χ4v) is 3.63. The molecule has 1 aromatic rings. The number of amides is 1. The Kier molecular flexibility index (Phi) is 5.65. The van der Waals surface area contributed by atoms with Crippen LogP contribution in [0.4, 0.5) is 0 Å². The van der Waals surface area contributed by atoms with Crippen molar-refractivity contribution in [3.05, 3.63) is 17.7 Å². The lowest BCUT2D eigenvalue weighted by molar-refractivity contribution is 0.0583. The Bertz CT molecular complexity index is 583. The molecule has 0 aromatic heterocycles. The van der Waals surface area contributed by atoms with E-state index in [1.165, 1.54) is 6.42 Å². The predicted molar refractivity (Wildman–Crippen MR) is 94.8 cm³/mol. The molecule has 2 aliphatic rings. The van der Waals surface area contributed by atoms with E-state index in [0.717, 1.165) is 39.3 Å². The van der Waals surface area contributed by atoms with E-state index in [1.54, 1.807) is 33.5 Å². The summed E-state index contributed by atoms with van der Waals surface area (Å²) in [6.45, 7) is 5.47. The van der Waals surface area contributed by atoms with Gasteiger partial charge in [0.2, 0.25) is 5.75 Å². The summed E-state index contributed by atoms with van der Waals surface area (Å²) in [6.07, 6.45) is 1.20. The lowest BCUT2D eigenvalue weighted by Gasteiger charge is -2.37. The molecule has 25 heavy (non-hydrogen) atoms. The van der Waals surface area contributed by atoms with Crippen molar-refractivity contribution in [1.82, 2.24) is 15.1 Å². The molecule has 1 N–H and O–H groups in total. The molecule has 2 heterocycles. The molecular formula is C18H27N3O4. The zero-order chi connectivity index (χ0) is 17.8. The van der Waals surface area contributed by atoms with Crippen LogP contribution >= 0.6 is 0 Å². The van der Waals surface area contributed by atoms with Crippen LogP contribution in [0.3, 0.4) is 0 Å². The molecule has 1 atom stereocenters. The third kappa shape index (κ3) is 3.67. The second-order valence-electron chi connectivity index (χ2n) is 6.39. The zero-order valence-electron chi connectivity index (χ0n) is 15.2. The molecule has 0 spiro atoms. The minimum atomic E-state index is 0.00319. The van der Waals surface area contributed by atoms with Crippen LogP contribution in [0.15, 0.2) is 12.1 Å². The molecule has 1 aromatic carbocycles. The number of benzene rings is 1. The Labute approximate surface area is 148 Å². The molecule has 0 saturated carbocycles. The van der Waals surface area contributed by atoms with Gasteiger partial charge >= 0.3 is 0 Å². The van der Waals surface area contributed by atoms with Crippen molar-refractivity contribution in [1.29, 1.82) is 0 Å². The van der Waals surface area contributed by atoms with Crippen molar-refractivity contribution < 1.29 is 19.0 Å². The Morgan fingerprint density at radius 1 is 1.04 bits per heavy atom. The van der Waals surface area contributed by atoms with Gasteiger partial charge in [-0.15, -0.1) is 0 Å². The molecule has 0 aliphatic carbocycles. The zero-order valence-corrected chi connectivity index (χ0v) is 15.2. The summed E-state index contributed by atoms with van der Waals surface area (Å²) in [4.78, 5) is 17.3. The summed E-state index contributed by atoms with van der Waals surface area (Å²) in [5, 5.41) is 3.40. The third-order valence-electron chi connectivity index (χ3n) is 5.06. The highest BCUT2D eigenvalue weighted by Crippen LogP contribution is 2.38. The van der Waals surface area contributed by atoms with Crippen LogP contribution < -0.4 is 19.5 Å². The first kappa shape index (κ1) is 17.8. The molecule has 0 bridgehead atoms. The highest BCUT2D eigenvalue weighted by molar-refractivity contribution is 5.95. The molecule has 2 fully saturated rings. The summed E-state index contributed by atoms with van der Waals surface area (Å²) < 4.78 is 16.0. The van der Waals surface area contributed by atoms with Gasteiger partial charge in [0, 0.05) is 44.3 Å². The number of nitrogens with zero attached hydrogens (tertiary/aromatic N) is 2. The van der Waals surface area contributed by atoms with Crippen LogP contribution in [-0.2, 0) is 0 Å². The fourth-order valence-electron chi connectivity index (χ4n) is 3.63. The van der Waals surface area contributed by atoms with Crippen LogP contribution in [0, 0.1) is 0 Å². The monoisotopic (exact) mass is 349 g/mol. The van der Waals surface area contributed by atoms with Crippen molar-refractivity contribution in [2.24, 2.45) is 0 Å². The average Bonchev–Trinajstić information content (AvgIpc) is 3.21. The lowest BCUT2D eigenvalue weighted by Crippen LogP contribution is -2.52. The van der Waals surface area contributed by atoms with Crippen molar-refractivity contribution in [3.63, 3.8) is 0 Å². The Balaban J connectivity index is 1.71. The van der Waals surface area contributed by atoms with Crippen molar-refractivity contribution in [2.75, 3.05) is 60.6 Å². The lowest BCUT2D eigenvalue weighted by atomic mass is 10.1. The van der Waals surface area contributed by atoms with Crippen molar-refractivity contribution in [3.8, 4) is 17.2 Å². The summed E-state index contributed by atoms with van der Waals surface area (Å²) in [5.74, 6) is 1.50. The highest BCUT2D eigenvalue weighted by atomic mass is 16.5. The topological polar surface area (TPSA) is 63.3 Å². The maximum Gasteiger partial charge on any atom is 0.254 e. The standard InChI is InChI=1S/C18H27N3O4/c1-23-15-10-13(11-16(24-2)17(15)25-3)18(22)21-8-6-20(7-9-21)14-4-5-19-12-14/h10-11,14,19H,4-9,12H2,1-3H3. The molecule has 138 valence electrons. The summed E-state index contributed by atoms with van der Waals surface area (Å²) in [7, 11) is 4.67. The molecule has 7 heteroatoms. The first-order valence-electron chi connectivity index (χ1n) is 8.72. The maximum absolute atomic E-state index is 12.9. The average molecular weight is 349 g/mol. The first-order valence-corrected chi connectivity index (χ1v) is 8.72. The van der Waals surface area contributed by atoms with E-state index in [4.69, 9.17) is 14.2 Å². The summed E-state index contributed by atoms with van der Waals surface area (Å²) in [6, 6.07) is 4.05. The summed E-state index contributed by atoms with van der Waals surface area (Å²) in [5.41, 5.74) is 0.561. The van der Waals surface area contributed by atoms with Gasteiger partial charge in [0.15, 0.2) is 11.5 Å². The minimum Gasteiger partial charge on any atom is -0.493 e. The maximum atomic E-state index is 12.9. The number of hydrogen-bond acceptors (Lipinski definition) is 6. The number of carbonyl (C=O) groups excluding carboxylic acids is 1. The smallest absolute Gasteiger partial charge is 0.254 e. The van der Waals surface area contributed by atoms with Crippen molar-refractivity contribution in [2.45, 2.75) is 12.5 Å². The second-order valence-corrected chi connectivity index (χ2v) is 6.39. The van der Waals surface area contributed by atoms with Crippen LogP contribution in [0.1, 0.15) is 16.8 Å². The van der Waals surface area contributed by atoms with Crippen LogP contribution in [-0.4, -0.2) is 82.3 Å². The SMILES string of the molecule is COc1cc(C(=O)N2CCN(C3CCNC3)CC2)cc(OC)c1OC. The van der Waals surface area contributed by atoms with Gasteiger partial charge < -0.3 is 24.4 Å². The minimum absolute atomic E-state index is 0.00319. The van der Waals surface area contributed by atoms with E-state index < -0.39 is 0 Å². The number of hydrogen-bond donors (Lipinski definition) is 1. The molecule has 2 aliphatic heterocycles. The quantitative estimate of drug-likeness (QED) is 0.850. The van der Waals surface area contributed by atoms with Gasteiger partial charge in [0.25, 0.3) is 5.91 Å². The van der Waals surface area contributed by atoms with Gasteiger partial charge in [0.05, 0.1) is 21.3 Å². The van der Waals surface area contributed by atoms with Gasteiger partial charge in [-0.05, 0) is 25.1 Å². The van der Waals surface area contributed by atoms with Gasteiger partial charge in [0.1, 0.15) is 0 Å². The predicted octanol–water partition coefficient (Wildman–Crippen LogP) is 0.832. The first-order chi connectivity index (χ1) is 12.2. The molecular weight excluding hydrogens is 322 g/mol. The molecule has 2 saturated heterocycles. The van der Waals surface area contributed by atoms with Crippen LogP contribution in [0.5, 0.6) is 17.2 Å². The van der Waals surface area contributed by atoms with E-state index in [0.29, 0.717) is 28.9 Å². The van der Waals surface area contributed by atoms with Gasteiger partial charge in [-0.3, -0.25) is 9.69 Å². The van der Waals surface area contributed by atoms with Crippen LogP contribution in [0.25, 0.3) is 0 Å². The number of ether oxygens (including phenoxy) is 3. The van der Waals surface area contributed by atoms with Crippen molar-refractivity contribution >= 4 is 5.91 Å². The van der Waals surface area contributed by atoms with Crippen LogP contribution in [0.2, 0.25) is 0 Å². The normalized spacial score (nSPS) is 21.2. The number of carbonyl (C=O) groups is 1. The highest BCUT2D eigenvalue weighted by Gasteiger charge is 2.29. The fraction of sp³-hybridized carbons (Fsp3) is 0.611. The number of piperazine rings is 1. The van der Waals surface area contributed by atoms with E-state index in [-0.39, 0.29) is 5.91 Å². The molecule has 3 rings (SSSR count). The largest absolute Gasteiger partial charge is 0.493 e. The molecule has 0 radical (unpaired) electrons. The summed E-state index contributed by atoms with van der Waals surface area (Å²) >= 11 is 0. The van der Waals surface area contributed by atoms with E-state index >= 15 is 0 Å². The van der Waals surface area contributed by atoms with E-state index in [2.05, 4.69) is 10.2 Å². The number of methoxy groups -OCH3 is 3. The molecule has 1 amide bonds. The Hall–Kier alpha value is -1.99. The molecule has 7 nitrogen and oxygen atoms in total. The van der Waals surface area contributed by atoms with E-state index in [1.807, 2.05) is 4.90 Å².